The Morgan fingerprint density at radius 2 is 1.88 bits per heavy atom. The Hall–Kier alpha value is -2.38. The van der Waals surface area contributed by atoms with Crippen molar-refractivity contribution in [3.05, 3.63) is 18.0 Å². The van der Waals surface area contributed by atoms with Crippen molar-refractivity contribution >= 4 is 11.9 Å². The molecule has 0 spiro atoms. The van der Waals surface area contributed by atoms with Gasteiger partial charge in [-0.3, -0.25) is 4.68 Å². The molecular formula is C16H25N7O. The molecule has 0 radical (unpaired) electrons. The van der Waals surface area contributed by atoms with Crippen molar-refractivity contribution < 1.29 is 4.74 Å². The van der Waals surface area contributed by atoms with E-state index in [2.05, 4.69) is 37.2 Å². The molecule has 2 aromatic heterocycles. The average molecular weight is 331 g/mol. The van der Waals surface area contributed by atoms with Gasteiger partial charge in [0.05, 0.1) is 19.3 Å². The summed E-state index contributed by atoms with van der Waals surface area (Å²) in [5.74, 6) is 1.21. The Morgan fingerprint density at radius 1 is 1.12 bits per heavy atom. The van der Waals surface area contributed by atoms with Gasteiger partial charge in [-0.2, -0.15) is 20.1 Å². The molecular weight excluding hydrogens is 306 g/mol. The Balaban J connectivity index is 1.80. The van der Waals surface area contributed by atoms with E-state index in [4.69, 9.17) is 4.74 Å². The van der Waals surface area contributed by atoms with E-state index in [1.807, 2.05) is 19.4 Å². The topological polar surface area (TPSA) is 81.0 Å². The van der Waals surface area contributed by atoms with Crippen LogP contribution in [0.1, 0.15) is 44.2 Å². The molecule has 1 aliphatic rings. The number of hydrogen-bond donors (Lipinski definition) is 1. The van der Waals surface area contributed by atoms with E-state index < -0.39 is 0 Å². The lowest BCUT2D eigenvalue weighted by atomic mass is 10.2. The molecule has 8 heteroatoms. The first-order valence-corrected chi connectivity index (χ1v) is 8.46. The minimum atomic E-state index is 0.0442. The largest absolute Gasteiger partial charge is 0.467 e. The number of nitrogens with zero attached hydrogens (tertiary/aromatic N) is 6. The van der Waals surface area contributed by atoms with Gasteiger partial charge in [0.1, 0.15) is 0 Å². The number of hydrogen-bond acceptors (Lipinski definition) is 7. The molecule has 1 N–H and O–H groups in total. The van der Waals surface area contributed by atoms with Gasteiger partial charge in [0.2, 0.25) is 11.9 Å². The summed E-state index contributed by atoms with van der Waals surface area (Å²) < 4.78 is 7.05. The molecule has 1 aliphatic heterocycles. The van der Waals surface area contributed by atoms with Gasteiger partial charge < -0.3 is 15.0 Å². The molecule has 3 heterocycles. The lowest BCUT2D eigenvalue weighted by molar-refractivity contribution is 0.378. The van der Waals surface area contributed by atoms with Gasteiger partial charge in [-0.1, -0.05) is 12.8 Å². The summed E-state index contributed by atoms with van der Waals surface area (Å²) in [7, 11) is 3.48. The Morgan fingerprint density at radius 3 is 2.50 bits per heavy atom. The lowest BCUT2D eigenvalue weighted by Crippen LogP contribution is -2.27. The van der Waals surface area contributed by atoms with Gasteiger partial charge in [-0.05, 0) is 19.8 Å². The quantitative estimate of drug-likeness (QED) is 0.899. The van der Waals surface area contributed by atoms with Gasteiger partial charge in [0, 0.05) is 31.9 Å². The summed E-state index contributed by atoms with van der Waals surface area (Å²) in [5.41, 5.74) is 1.08. The monoisotopic (exact) mass is 331 g/mol. The molecule has 8 nitrogen and oxygen atoms in total. The van der Waals surface area contributed by atoms with Crippen molar-refractivity contribution in [3.63, 3.8) is 0 Å². The van der Waals surface area contributed by atoms with Gasteiger partial charge in [-0.15, -0.1) is 0 Å². The maximum atomic E-state index is 5.26. The second kappa shape index (κ2) is 7.46. The second-order valence-electron chi connectivity index (χ2n) is 6.16. The van der Waals surface area contributed by atoms with Crippen LogP contribution in [0.25, 0.3) is 0 Å². The average Bonchev–Trinajstić information content (AvgIpc) is 2.85. The standard InChI is InChI=1S/C16H25N7O/c1-12(13-10-17-22(2)11-13)18-14-19-15(21-16(20-14)24-3)23-8-6-4-5-7-9-23/h10-12H,4-9H2,1-3H3,(H,18,19,20,21). The maximum Gasteiger partial charge on any atom is 0.322 e. The number of anilines is 2. The van der Waals surface area contributed by atoms with E-state index in [0.29, 0.717) is 17.9 Å². The predicted molar refractivity (Wildman–Crippen MR) is 92.3 cm³/mol. The molecule has 0 aromatic carbocycles. The molecule has 3 rings (SSSR count). The molecule has 0 saturated carbocycles. The number of aryl methyl sites for hydroxylation is 1. The van der Waals surface area contributed by atoms with Crippen LogP contribution in [0.15, 0.2) is 12.4 Å². The van der Waals surface area contributed by atoms with Crippen molar-refractivity contribution in [2.24, 2.45) is 7.05 Å². The first kappa shape index (κ1) is 16.5. The van der Waals surface area contributed by atoms with Crippen LogP contribution in [-0.4, -0.2) is 44.9 Å². The highest BCUT2D eigenvalue weighted by Gasteiger charge is 2.17. The highest BCUT2D eigenvalue weighted by Crippen LogP contribution is 2.21. The van der Waals surface area contributed by atoms with Gasteiger partial charge in [-0.25, -0.2) is 0 Å². The van der Waals surface area contributed by atoms with Crippen LogP contribution in [0.4, 0.5) is 11.9 Å². The van der Waals surface area contributed by atoms with E-state index in [-0.39, 0.29) is 6.04 Å². The van der Waals surface area contributed by atoms with Crippen LogP contribution in [-0.2, 0) is 7.05 Å². The predicted octanol–water partition coefficient (Wildman–Crippen LogP) is 2.17. The van der Waals surface area contributed by atoms with Crippen molar-refractivity contribution in [1.29, 1.82) is 0 Å². The molecule has 0 amide bonds. The number of methoxy groups -OCH3 is 1. The number of ether oxygens (including phenoxy) is 1. The summed E-state index contributed by atoms with van der Waals surface area (Å²) >= 11 is 0. The summed E-state index contributed by atoms with van der Waals surface area (Å²) in [6.07, 6.45) is 8.69. The lowest BCUT2D eigenvalue weighted by Gasteiger charge is -2.21. The van der Waals surface area contributed by atoms with Crippen molar-refractivity contribution in [1.82, 2.24) is 24.7 Å². The summed E-state index contributed by atoms with van der Waals surface area (Å²) in [4.78, 5) is 15.6. The zero-order valence-electron chi connectivity index (χ0n) is 14.6. The fraction of sp³-hybridized carbons (Fsp3) is 0.625. The summed E-state index contributed by atoms with van der Waals surface area (Å²) in [6.45, 7) is 4.01. The van der Waals surface area contributed by atoms with E-state index >= 15 is 0 Å². The van der Waals surface area contributed by atoms with Crippen molar-refractivity contribution in [3.8, 4) is 6.01 Å². The number of rotatable bonds is 5. The Labute approximate surface area is 142 Å². The van der Waals surface area contributed by atoms with Gasteiger partial charge in [0.15, 0.2) is 0 Å². The fourth-order valence-corrected chi connectivity index (χ4v) is 2.85. The van der Waals surface area contributed by atoms with Crippen LogP contribution in [0, 0.1) is 0 Å². The van der Waals surface area contributed by atoms with Gasteiger partial charge >= 0.3 is 6.01 Å². The minimum Gasteiger partial charge on any atom is -0.467 e. The smallest absolute Gasteiger partial charge is 0.322 e. The molecule has 24 heavy (non-hydrogen) atoms. The number of nitrogens with one attached hydrogen (secondary N) is 1. The van der Waals surface area contributed by atoms with Crippen LogP contribution in [0.3, 0.4) is 0 Å². The zero-order chi connectivity index (χ0) is 16.9. The summed E-state index contributed by atoms with van der Waals surface area (Å²) in [5, 5.41) is 7.52. The third-order valence-corrected chi connectivity index (χ3v) is 4.25. The van der Waals surface area contributed by atoms with Crippen LogP contribution in [0.5, 0.6) is 6.01 Å². The summed E-state index contributed by atoms with van der Waals surface area (Å²) in [6, 6.07) is 0.382. The first-order valence-electron chi connectivity index (χ1n) is 8.46. The second-order valence-corrected chi connectivity index (χ2v) is 6.16. The molecule has 1 saturated heterocycles. The van der Waals surface area contributed by atoms with E-state index in [1.54, 1.807) is 11.8 Å². The Bertz CT molecular complexity index is 664. The molecule has 130 valence electrons. The number of aromatic nitrogens is 5. The highest BCUT2D eigenvalue weighted by molar-refractivity contribution is 5.40. The highest BCUT2D eigenvalue weighted by atomic mass is 16.5. The minimum absolute atomic E-state index is 0.0442. The normalized spacial score (nSPS) is 16.5. The maximum absolute atomic E-state index is 5.26. The zero-order valence-corrected chi connectivity index (χ0v) is 14.6. The van der Waals surface area contributed by atoms with E-state index in [0.717, 1.165) is 18.7 Å². The first-order chi connectivity index (χ1) is 11.7. The SMILES string of the molecule is COc1nc(NC(C)c2cnn(C)c2)nc(N2CCCCCC2)n1. The van der Waals surface area contributed by atoms with E-state index in [1.165, 1.54) is 25.7 Å². The van der Waals surface area contributed by atoms with Crippen LogP contribution < -0.4 is 15.0 Å². The fourth-order valence-electron chi connectivity index (χ4n) is 2.85. The van der Waals surface area contributed by atoms with Gasteiger partial charge in [0.25, 0.3) is 0 Å². The Kier molecular flexibility index (Phi) is 5.12. The van der Waals surface area contributed by atoms with Crippen molar-refractivity contribution in [2.75, 3.05) is 30.4 Å². The van der Waals surface area contributed by atoms with Crippen molar-refractivity contribution in [2.45, 2.75) is 38.6 Å². The third kappa shape index (κ3) is 3.93. The van der Waals surface area contributed by atoms with Crippen LogP contribution >= 0.6 is 0 Å². The molecule has 0 aliphatic carbocycles. The molecule has 1 atom stereocenters. The third-order valence-electron chi connectivity index (χ3n) is 4.25. The molecule has 0 bridgehead atoms. The van der Waals surface area contributed by atoms with E-state index in [9.17, 15) is 0 Å². The van der Waals surface area contributed by atoms with Crippen LogP contribution in [0.2, 0.25) is 0 Å². The molecule has 1 unspecified atom stereocenters. The molecule has 2 aromatic rings. The molecule has 1 fully saturated rings.